The summed E-state index contributed by atoms with van der Waals surface area (Å²) in [6.07, 6.45) is 2.64. The van der Waals surface area contributed by atoms with Gasteiger partial charge in [-0.25, -0.2) is 9.07 Å². The smallest absolute Gasteiger partial charge is 0.271 e. The number of aromatic nitrogens is 2. The summed E-state index contributed by atoms with van der Waals surface area (Å²) in [6.45, 7) is 2.23. The largest absolute Gasteiger partial charge is 0.320 e. The van der Waals surface area contributed by atoms with E-state index in [-0.39, 0.29) is 11.4 Å². The number of hydrogen-bond acceptors (Lipinski definition) is 4. The van der Waals surface area contributed by atoms with Crippen molar-refractivity contribution in [3.05, 3.63) is 92.5 Å². The Balaban J connectivity index is 1.75. The summed E-state index contributed by atoms with van der Waals surface area (Å²) in [5.41, 5.74) is 1.59. The first-order valence-electron chi connectivity index (χ1n) is 8.55. The molecule has 0 spiro atoms. The van der Waals surface area contributed by atoms with Gasteiger partial charge in [-0.15, -0.1) is 0 Å². The number of nitro groups is 1. The molecule has 0 atom stereocenters. The lowest BCUT2D eigenvalue weighted by atomic mass is 10.2. The predicted molar refractivity (Wildman–Crippen MR) is 108 cm³/mol. The van der Waals surface area contributed by atoms with E-state index in [1.807, 2.05) is 30.3 Å². The number of nitro benzene ring substituents is 1. The number of hydrogen-bond donors (Lipinski definition) is 1. The Labute approximate surface area is 170 Å². The second-order valence-electron chi connectivity index (χ2n) is 6.18. The summed E-state index contributed by atoms with van der Waals surface area (Å²) in [5, 5.41) is 17.8. The molecule has 148 valence electrons. The molecule has 9 heteroatoms. The van der Waals surface area contributed by atoms with Crippen molar-refractivity contribution in [2.45, 2.75) is 13.5 Å². The van der Waals surface area contributed by atoms with Gasteiger partial charge in [0.15, 0.2) is 0 Å². The van der Waals surface area contributed by atoms with E-state index in [9.17, 15) is 19.3 Å². The van der Waals surface area contributed by atoms with Gasteiger partial charge < -0.3 is 5.32 Å². The zero-order valence-electron chi connectivity index (χ0n) is 15.3. The van der Waals surface area contributed by atoms with E-state index in [1.54, 1.807) is 11.6 Å². The van der Waals surface area contributed by atoms with Crippen molar-refractivity contribution in [3.63, 3.8) is 0 Å². The number of carbonyl (C=O) groups excluding carboxylic acids is 1. The topological polar surface area (TPSA) is 90.1 Å². The normalized spacial score (nSPS) is 11.0. The number of non-ortho nitro benzene ring substituents is 1. The van der Waals surface area contributed by atoms with Crippen LogP contribution in [-0.2, 0) is 11.3 Å². The van der Waals surface area contributed by atoms with Gasteiger partial charge in [0.25, 0.3) is 5.69 Å². The zero-order chi connectivity index (χ0) is 21.0. The van der Waals surface area contributed by atoms with Crippen LogP contribution in [0.5, 0.6) is 0 Å². The van der Waals surface area contributed by atoms with Gasteiger partial charge in [-0.1, -0.05) is 41.9 Å². The number of anilines is 1. The van der Waals surface area contributed by atoms with Crippen molar-refractivity contribution in [2.24, 2.45) is 0 Å². The minimum Gasteiger partial charge on any atom is -0.320 e. The van der Waals surface area contributed by atoms with Gasteiger partial charge in [0, 0.05) is 23.8 Å². The van der Waals surface area contributed by atoms with Gasteiger partial charge in [-0.05, 0) is 24.6 Å². The minimum atomic E-state index is -0.776. The van der Waals surface area contributed by atoms with E-state index in [1.165, 1.54) is 12.2 Å². The Morgan fingerprint density at radius 2 is 2.03 bits per heavy atom. The molecule has 0 aliphatic heterocycles. The van der Waals surface area contributed by atoms with E-state index in [2.05, 4.69) is 10.4 Å². The number of nitrogens with one attached hydrogen (secondary N) is 1. The number of nitrogens with zero attached hydrogens (tertiary/aromatic N) is 3. The second-order valence-corrected chi connectivity index (χ2v) is 6.53. The van der Waals surface area contributed by atoms with Crippen molar-refractivity contribution in [3.8, 4) is 0 Å². The molecular formula is C20H16ClFN4O3. The van der Waals surface area contributed by atoms with Crippen molar-refractivity contribution in [2.75, 3.05) is 5.32 Å². The van der Waals surface area contributed by atoms with Crippen LogP contribution in [-0.4, -0.2) is 20.6 Å². The molecule has 1 amide bonds. The average molecular weight is 415 g/mol. The Kier molecular flexibility index (Phi) is 6.04. The van der Waals surface area contributed by atoms with Gasteiger partial charge in [0.1, 0.15) is 11.0 Å². The first-order chi connectivity index (χ1) is 13.8. The number of rotatable bonds is 6. The van der Waals surface area contributed by atoms with Gasteiger partial charge in [-0.2, -0.15) is 5.10 Å². The summed E-state index contributed by atoms with van der Waals surface area (Å²) in [6, 6.07) is 12.5. The predicted octanol–water partition coefficient (Wildman–Crippen LogP) is 4.59. The first kappa shape index (κ1) is 20.2. The Morgan fingerprint density at radius 3 is 2.72 bits per heavy atom. The summed E-state index contributed by atoms with van der Waals surface area (Å²) < 4.78 is 15.4. The van der Waals surface area contributed by atoms with Crippen molar-refractivity contribution < 1.29 is 14.1 Å². The lowest BCUT2D eigenvalue weighted by Crippen LogP contribution is -2.09. The highest BCUT2D eigenvalue weighted by Gasteiger charge is 2.14. The Morgan fingerprint density at radius 1 is 1.31 bits per heavy atom. The molecular weight excluding hydrogens is 399 g/mol. The van der Waals surface area contributed by atoms with Crippen molar-refractivity contribution in [1.82, 2.24) is 9.78 Å². The van der Waals surface area contributed by atoms with E-state index >= 15 is 0 Å². The molecule has 3 rings (SSSR count). The first-order valence-corrected chi connectivity index (χ1v) is 8.93. The van der Waals surface area contributed by atoms with Gasteiger partial charge in [0.2, 0.25) is 5.91 Å². The van der Waals surface area contributed by atoms with E-state index in [0.29, 0.717) is 23.0 Å². The molecule has 0 radical (unpaired) electrons. The minimum absolute atomic E-state index is 0.281. The number of aryl methyl sites for hydroxylation is 1. The molecule has 0 fully saturated rings. The standard InChI is InChI=1S/C20H16ClFN4O3/c1-13-16(20(21)25(24-13)12-14-5-3-2-4-6-14)8-10-19(27)23-18-11-15(26(28)29)7-9-17(18)22/h2-11H,12H2,1H3,(H,23,27)/b10-8+. The highest BCUT2D eigenvalue weighted by Crippen LogP contribution is 2.23. The van der Waals surface area contributed by atoms with Crippen LogP contribution < -0.4 is 5.32 Å². The van der Waals surface area contributed by atoms with Crippen LogP contribution in [0.15, 0.2) is 54.6 Å². The highest BCUT2D eigenvalue weighted by atomic mass is 35.5. The monoisotopic (exact) mass is 414 g/mol. The van der Waals surface area contributed by atoms with Crippen LogP contribution in [0.1, 0.15) is 16.8 Å². The number of benzene rings is 2. The van der Waals surface area contributed by atoms with Crippen molar-refractivity contribution >= 4 is 35.0 Å². The third-order valence-corrected chi connectivity index (χ3v) is 4.50. The number of carbonyl (C=O) groups is 1. The zero-order valence-corrected chi connectivity index (χ0v) is 16.1. The maximum atomic E-state index is 13.8. The van der Waals surface area contributed by atoms with Crippen LogP contribution in [0.25, 0.3) is 6.08 Å². The summed E-state index contributed by atoms with van der Waals surface area (Å²) in [4.78, 5) is 22.3. The molecule has 0 aliphatic rings. The fraction of sp³-hybridized carbons (Fsp3) is 0.100. The number of halogens is 2. The van der Waals surface area contributed by atoms with Gasteiger partial charge >= 0.3 is 0 Å². The summed E-state index contributed by atoms with van der Waals surface area (Å²) >= 11 is 6.39. The highest BCUT2D eigenvalue weighted by molar-refractivity contribution is 6.31. The molecule has 3 aromatic rings. The van der Waals surface area contributed by atoms with Gasteiger partial charge in [-0.3, -0.25) is 14.9 Å². The molecule has 29 heavy (non-hydrogen) atoms. The van der Waals surface area contributed by atoms with Crippen molar-refractivity contribution in [1.29, 1.82) is 0 Å². The fourth-order valence-electron chi connectivity index (χ4n) is 2.67. The molecule has 1 N–H and O–H groups in total. The summed E-state index contributed by atoms with van der Waals surface area (Å²) in [7, 11) is 0. The molecule has 0 unspecified atom stereocenters. The van der Waals surface area contributed by atoms with Crippen LogP contribution in [0.3, 0.4) is 0 Å². The lowest BCUT2D eigenvalue weighted by Gasteiger charge is -2.04. The molecule has 1 heterocycles. The molecule has 7 nitrogen and oxygen atoms in total. The van der Waals surface area contributed by atoms with Crippen LogP contribution in [0.4, 0.5) is 15.8 Å². The van der Waals surface area contributed by atoms with E-state index in [4.69, 9.17) is 11.6 Å². The van der Waals surface area contributed by atoms with Gasteiger partial charge in [0.05, 0.1) is 22.8 Å². The molecule has 2 aromatic carbocycles. The maximum absolute atomic E-state index is 13.8. The number of amides is 1. The fourth-order valence-corrected chi connectivity index (χ4v) is 2.97. The molecule has 0 saturated heterocycles. The molecule has 0 aliphatic carbocycles. The quantitative estimate of drug-likeness (QED) is 0.363. The third kappa shape index (κ3) is 4.85. The van der Waals surface area contributed by atoms with E-state index in [0.717, 1.165) is 23.8 Å². The van der Waals surface area contributed by atoms with Crippen LogP contribution in [0, 0.1) is 22.9 Å². The van der Waals surface area contributed by atoms with Crippen LogP contribution >= 0.6 is 11.6 Å². The third-order valence-electron chi connectivity index (χ3n) is 4.10. The molecule has 0 saturated carbocycles. The Bertz CT molecular complexity index is 1100. The molecule has 0 bridgehead atoms. The summed E-state index contributed by atoms with van der Waals surface area (Å²) in [5.74, 6) is -1.43. The molecule has 1 aromatic heterocycles. The Hall–Kier alpha value is -3.52. The average Bonchev–Trinajstić information content (AvgIpc) is 2.95. The lowest BCUT2D eigenvalue weighted by molar-refractivity contribution is -0.384. The maximum Gasteiger partial charge on any atom is 0.271 e. The van der Waals surface area contributed by atoms with E-state index < -0.39 is 16.6 Å². The second kappa shape index (κ2) is 8.66. The van der Waals surface area contributed by atoms with Crippen LogP contribution in [0.2, 0.25) is 5.15 Å². The SMILES string of the molecule is Cc1nn(Cc2ccccc2)c(Cl)c1/C=C/C(=O)Nc1cc([N+](=O)[O-])ccc1F.